The smallest absolute Gasteiger partial charge is 0.129 e. The molecular formula is C15H15BrF2N2. The molecule has 0 amide bonds. The van der Waals surface area contributed by atoms with Crippen molar-refractivity contribution in [2.24, 2.45) is 5.84 Å². The van der Waals surface area contributed by atoms with E-state index in [4.69, 9.17) is 5.84 Å². The minimum Gasteiger partial charge on any atom is -0.271 e. The number of halogens is 3. The Labute approximate surface area is 125 Å². The van der Waals surface area contributed by atoms with E-state index in [2.05, 4.69) is 21.4 Å². The first-order chi connectivity index (χ1) is 9.60. The third kappa shape index (κ3) is 3.85. The van der Waals surface area contributed by atoms with E-state index in [1.165, 1.54) is 18.2 Å². The minimum atomic E-state index is -0.542. The summed E-state index contributed by atoms with van der Waals surface area (Å²) in [6.07, 6.45) is 0.783. The van der Waals surface area contributed by atoms with Crippen LogP contribution in [0.4, 0.5) is 8.78 Å². The maximum Gasteiger partial charge on any atom is 0.129 e. The van der Waals surface area contributed by atoms with E-state index in [1.54, 1.807) is 0 Å². The first-order valence-corrected chi connectivity index (χ1v) is 7.03. The van der Waals surface area contributed by atoms with Crippen LogP contribution in [0.15, 0.2) is 46.9 Å². The van der Waals surface area contributed by atoms with E-state index < -0.39 is 11.6 Å². The second kappa shape index (κ2) is 6.92. The molecule has 0 radical (unpaired) electrons. The Kier molecular flexibility index (Phi) is 5.23. The van der Waals surface area contributed by atoms with Gasteiger partial charge in [-0.2, -0.15) is 0 Å². The molecule has 0 aromatic heterocycles. The summed E-state index contributed by atoms with van der Waals surface area (Å²) in [5.74, 6) is 4.42. The Bertz CT molecular complexity index is 570. The van der Waals surface area contributed by atoms with Crippen molar-refractivity contribution in [3.63, 3.8) is 0 Å². The van der Waals surface area contributed by atoms with Gasteiger partial charge < -0.3 is 0 Å². The predicted octanol–water partition coefficient (Wildman–Crippen LogP) is 3.34. The molecule has 1 unspecified atom stereocenters. The molecule has 0 fully saturated rings. The lowest BCUT2D eigenvalue weighted by atomic mass is 9.99. The summed E-state index contributed by atoms with van der Waals surface area (Å²) in [4.78, 5) is 0. The Morgan fingerprint density at radius 1 is 1.05 bits per heavy atom. The zero-order chi connectivity index (χ0) is 14.5. The fraction of sp³-hybridized carbons (Fsp3) is 0.200. The molecule has 3 N–H and O–H groups in total. The van der Waals surface area contributed by atoms with E-state index in [-0.39, 0.29) is 18.0 Å². The Morgan fingerprint density at radius 2 is 1.70 bits per heavy atom. The summed E-state index contributed by atoms with van der Waals surface area (Å²) >= 11 is 3.39. The Morgan fingerprint density at radius 3 is 2.30 bits per heavy atom. The molecule has 0 heterocycles. The normalized spacial score (nSPS) is 12.4. The highest BCUT2D eigenvalue weighted by Crippen LogP contribution is 2.17. The van der Waals surface area contributed by atoms with Crippen LogP contribution in [0.5, 0.6) is 0 Å². The van der Waals surface area contributed by atoms with Crippen LogP contribution < -0.4 is 11.3 Å². The number of hydrazine groups is 1. The molecule has 1 atom stereocenters. The highest BCUT2D eigenvalue weighted by Gasteiger charge is 2.15. The van der Waals surface area contributed by atoms with Gasteiger partial charge in [-0.3, -0.25) is 11.3 Å². The maximum absolute atomic E-state index is 13.6. The van der Waals surface area contributed by atoms with E-state index >= 15 is 0 Å². The van der Waals surface area contributed by atoms with Gasteiger partial charge in [-0.05, 0) is 42.7 Å². The maximum atomic E-state index is 13.6. The number of benzene rings is 2. The van der Waals surface area contributed by atoms with Crippen molar-refractivity contribution in [3.8, 4) is 0 Å². The van der Waals surface area contributed by atoms with Crippen molar-refractivity contribution in [1.29, 1.82) is 0 Å². The first-order valence-electron chi connectivity index (χ1n) is 6.23. The lowest BCUT2D eigenvalue weighted by molar-refractivity contribution is 0.484. The van der Waals surface area contributed by atoms with Crippen LogP contribution in [0.1, 0.15) is 11.1 Å². The summed E-state index contributed by atoms with van der Waals surface area (Å²) in [7, 11) is 0. The molecule has 0 spiro atoms. The number of rotatable bonds is 5. The van der Waals surface area contributed by atoms with E-state index in [0.29, 0.717) is 6.42 Å². The summed E-state index contributed by atoms with van der Waals surface area (Å²) in [6.45, 7) is 0. The Balaban J connectivity index is 2.13. The first kappa shape index (κ1) is 15.1. The monoisotopic (exact) mass is 340 g/mol. The molecule has 0 aliphatic carbocycles. The highest BCUT2D eigenvalue weighted by atomic mass is 79.9. The molecule has 2 aromatic carbocycles. The largest absolute Gasteiger partial charge is 0.271 e. The summed E-state index contributed by atoms with van der Waals surface area (Å²) in [5.41, 5.74) is 3.73. The van der Waals surface area contributed by atoms with Gasteiger partial charge in [0.1, 0.15) is 11.6 Å². The third-order valence-corrected chi connectivity index (χ3v) is 3.61. The molecule has 2 nitrogen and oxygen atoms in total. The van der Waals surface area contributed by atoms with Crippen LogP contribution in [0, 0.1) is 11.6 Å². The second-order valence-corrected chi connectivity index (χ2v) is 5.52. The zero-order valence-electron chi connectivity index (χ0n) is 10.7. The van der Waals surface area contributed by atoms with Crippen LogP contribution in [0.2, 0.25) is 0 Å². The van der Waals surface area contributed by atoms with Crippen molar-refractivity contribution in [2.75, 3.05) is 0 Å². The molecule has 0 aliphatic rings. The Hall–Kier alpha value is -1.30. The van der Waals surface area contributed by atoms with Crippen LogP contribution >= 0.6 is 15.9 Å². The molecular weight excluding hydrogens is 326 g/mol. The molecule has 20 heavy (non-hydrogen) atoms. The number of nitrogens with two attached hydrogens (primary N) is 1. The highest BCUT2D eigenvalue weighted by molar-refractivity contribution is 9.10. The summed E-state index contributed by atoms with van der Waals surface area (Å²) < 4.78 is 28.2. The van der Waals surface area contributed by atoms with Gasteiger partial charge in [0, 0.05) is 16.1 Å². The van der Waals surface area contributed by atoms with Gasteiger partial charge in [0.15, 0.2) is 0 Å². The average Bonchev–Trinajstić information content (AvgIpc) is 2.42. The van der Waals surface area contributed by atoms with Gasteiger partial charge in [0.25, 0.3) is 0 Å². The fourth-order valence-electron chi connectivity index (χ4n) is 2.11. The standard InChI is InChI=1S/C15H15BrF2N2/c16-11-4-1-3-10(7-11)8-12(20-19)9-13-14(17)5-2-6-15(13)18/h1-7,12,20H,8-9,19H2. The van der Waals surface area contributed by atoms with E-state index in [1.807, 2.05) is 24.3 Å². The number of hydrogen-bond donors (Lipinski definition) is 2. The molecule has 0 saturated heterocycles. The van der Waals surface area contributed by atoms with Gasteiger partial charge in [0.05, 0.1) is 0 Å². The van der Waals surface area contributed by atoms with Gasteiger partial charge in [-0.25, -0.2) is 8.78 Å². The van der Waals surface area contributed by atoms with Crippen LogP contribution in [0.25, 0.3) is 0 Å². The van der Waals surface area contributed by atoms with Crippen molar-refractivity contribution in [2.45, 2.75) is 18.9 Å². The molecule has 5 heteroatoms. The number of nitrogens with one attached hydrogen (secondary N) is 1. The summed E-state index contributed by atoms with van der Waals surface area (Å²) in [5, 5.41) is 0. The van der Waals surface area contributed by atoms with E-state index in [9.17, 15) is 8.78 Å². The van der Waals surface area contributed by atoms with Gasteiger partial charge in [-0.1, -0.05) is 34.1 Å². The van der Waals surface area contributed by atoms with Crippen molar-refractivity contribution in [1.82, 2.24) is 5.43 Å². The van der Waals surface area contributed by atoms with Gasteiger partial charge >= 0.3 is 0 Å². The third-order valence-electron chi connectivity index (χ3n) is 3.12. The lowest BCUT2D eigenvalue weighted by Crippen LogP contribution is -2.38. The topological polar surface area (TPSA) is 38.0 Å². The quantitative estimate of drug-likeness (QED) is 0.647. The molecule has 106 valence electrons. The van der Waals surface area contributed by atoms with Crippen molar-refractivity contribution in [3.05, 3.63) is 69.7 Å². The molecule has 0 saturated carbocycles. The summed E-state index contributed by atoms with van der Waals surface area (Å²) in [6, 6.07) is 11.4. The number of hydrogen-bond acceptors (Lipinski definition) is 2. The average molecular weight is 341 g/mol. The van der Waals surface area contributed by atoms with Gasteiger partial charge in [-0.15, -0.1) is 0 Å². The molecule has 0 bridgehead atoms. The molecule has 2 rings (SSSR count). The lowest BCUT2D eigenvalue weighted by Gasteiger charge is -2.17. The van der Waals surface area contributed by atoms with Crippen LogP contribution in [-0.2, 0) is 12.8 Å². The van der Waals surface area contributed by atoms with E-state index in [0.717, 1.165) is 10.0 Å². The second-order valence-electron chi connectivity index (χ2n) is 4.60. The zero-order valence-corrected chi connectivity index (χ0v) is 12.3. The van der Waals surface area contributed by atoms with Crippen molar-refractivity contribution >= 4 is 15.9 Å². The fourth-order valence-corrected chi connectivity index (χ4v) is 2.56. The van der Waals surface area contributed by atoms with Crippen LogP contribution in [0.3, 0.4) is 0 Å². The molecule has 0 aliphatic heterocycles. The molecule has 2 aromatic rings. The SMILES string of the molecule is NNC(Cc1cccc(Br)c1)Cc1c(F)cccc1F. The minimum absolute atomic E-state index is 0.0606. The predicted molar refractivity (Wildman–Crippen MR) is 79.0 cm³/mol. The van der Waals surface area contributed by atoms with Crippen molar-refractivity contribution < 1.29 is 8.78 Å². The van der Waals surface area contributed by atoms with Crippen LogP contribution in [-0.4, -0.2) is 6.04 Å². The van der Waals surface area contributed by atoms with Gasteiger partial charge in [0.2, 0.25) is 0 Å².